The normalized spacial score (nSPS) is 18.4. The van der Waals surface area contributed by atoms with E-state index in [1.807, 2.05) is 48.5 Å². The number of rotatable bonds is 7. The highest BCUT2D eigenvalue weighted by atomic mass is 32.2. The van der Waals surface area contributed by atoms with Crippen LogP contribution < -0.4 is 14.8 Å². The molecule has 0 radical (unpaired) electrons. The summed E-state index contributed by atoms with van der Waals surface area (Å²) in [6.45, 7) is 2.00. The Kier molecular flexibility index (Phi) is 7.04. The number of thioether (sulfide) groups is 1. The largest absolute Gasteiger partial charge is 0.493 e. The summed E-state index contributed by atoms with van der Waals surface area (Å²) in [4.78, 5) is 26.8. The average molecular weight is 415 g/mol. The van der Waals surface area contributed by atoms with E-state index in [9.17, 15) is 9.59 Å². The van der Waals surface area contributed by atoms with E-state index >= 15 is 0 Å². The Hall–Kier alpha value is -2.67. The SMILES string of the molecule is COc1ccc(CCNC(=O)[C@@H]2CS[C@H](c3ccccc3)N2C(C)=O)cc1OC. The highest BCUT2D eigenvalue weighted by Gasteiger charge is 2.40. The lowest BCUT2D eigenvalue weighted by Crippen LogP contribution is -2.47. The number of methoxy groups -OCH3 is 2. The molecule has 0 aliphatic carbocycles. The maximum Gasteiger partial charge on any atom is 0.243 e. The number of nitrogens with zero attached hydrogens (tertiary/aromatic N) is 1. The van der Waals surface area contributed by atoms with Crippen molar-refractivity contribution in [1.82, 2.24) is 10.2 Å². The Balaban J connectivity index is 1.61. The number of hydrogen-bond donors (Lipinski definition) is 1. The number of nitrogens with one attached hydrogen (secondary N) is 1. The molecule has 1 N–H and O–H groups in total. The van der Waals surface area contributed by atoms with Crippen molar-refractivity contribution in [3.05, 3.63) is 59.7 Å². The second-order valence-electron chi connectivity index (χ2n) is 6.77. The number of hydrogen-bond acceptors (Lipinski definition) is 5. The molecular formula is C22H26N2O4S. The maximum atomic E-state index is 12.8. The minimum absolute atomic E-state index is 0.0936. The second-order valence-corrected chi connectivity index (χ2v) is 7.88. The summed E-state index contributed by atoms with van der Waals surface area (Å²) >= 11 is 1.62. The molecule has 2 aromatic carbocycles. The van der Waals surface area contributed by atoms with Crippen LogP contribution in [-0.2, 0) is 16.0 Å². The average Bonchev–Trinajstić information content (AvgIpc) is 3.20. The molecule has 2 atom stereocenters. The quantitative estimate of drug-likeness (QED) is 0.754. The molecular weight excluding hydrogens is 388 g/mol. The van der Waals surface area contributed by atoms with Gasteiger partial charge in [0.1, 0.15) is 11.4 Å². The molecule has 1 saturated heterocycles. The van der Waals surface area contributed by atoms with Gasteiger partial charge in [-0.05, 0) is 29.7 Å². The third kappa shape index (κ3) is 4.85. The predicted octanol–water partition coefficient (Wildman–Crippen LogP) is 3.03. The Morgan fingerprint density at radius 2 is 1.83 bits per heavy atom. The highest BCUT2D eigenvalue weighted by Crippen LogP contribution is 2.41. The highest BCUT2D eigenvalue weighted by molar-refractivity contribution is 7.99. The van der Waals surface area contributed by atoms with Crippen molar-refractivity contribution in [3.63, 3.8) is 0 Å². The predicted molar refractivity (Wildman–Crippen MR) is 114 cm³/mol. The number of benzene rings is 2. The summed E-state index contributed by atoms with van der Waals surface area (Å²) < 4.78 is 10.6. The van der Waals surface area contributed by atoms with Crippen LogP contribution in [0.3, 0.4) is 0 Å². The zero-order valence-electron chi connectivity index (χ0n) is 16.9. The summed E-state index contributed by atoms with van der Waals surface area (Å²) in [7, 11) is 3.20. The van der Waals surface area contributed by atoms with Crippen molar-refractivity contribution in [2.75, 3.05) is 26.5 Å². The van der Waals surface area contributed by atoms with Gasteiger partial charge in [-0.3, -0.25) is 9.59 Å². The number of ether oxygens (including phenoxy) is 2. The Morgan fingerprint density at radius 3 is 2.48 bits per heavy atom. The van der Waals surface area contributed by atoms with E-state index < -0.39 is 6.04 Å². The van der Waals surface area contributed by atoms with Gasteiger partial charge in [-0.25, -0.2) is 0 Å². The molecule has 3 rings (SSSR count). The van der Waals surface area contributed by atoms with Gasteiger partial charge in [-0.1, -0.05) is 36.4 Å². The molecule has 1 fully saturated rings. The van der Waals surface area contributed by atoms with Crippen molar-refractivity contribution >= 4 is 23.6 Å². The maximum absolute atomic E-state index is 12.8. The van der Waals surface area contributed by atoms with Crippen LogP contribution in [0, 0.1) is 0 Å². The molecule has 2 amide bonds. The van der Waals surface area contributed by atoms with Gasteiger partial charge in [0.2, 0.25) is 11.8 Å². The van der Waals surface area contributed by atoms with Gasteiger partial charge in [-0.15, -0.1) is 11.8 Å². The summed E-state index contributed by atoms with van der Waals surface area (Å²) in [6.07, 6.45) is 0.661. The molecule has 0 unspecified atom stereocenters. The van der Waals surface area contributed by atoms with Gasteiger partial charge in [0.25, 0.3) is 0 Å². The minimum Gasteiger partial charge on any atom is -0.493 e. The lowest BCUT2D eigenvalue weighted by Gasteiger charge is -2.27. The Labute approximate surface area is 175 Å². The molecule has 0 spiro atoms. The van der Waals surface area contributed by atoms with Gasteiger partial charge in [0.15, 0.2) is 11.5 Å². The van der Waals surface area contributed by atoms with E-state index in [0.29, 0.717) is 30.2 Å². The molecule has 7 heteroatoms. The molecule has 0 aromatic heterocycles. The molecule has 1 aliphatic heterocycles. The van der Waals surface area contributed by atoms with Gasteiger partial charge in [-0.2, -0.15) is 0 Å². The first kappa shape index (κ1) is 21.0. The first-order valence-corrected chi connectivity index (χ1v) is 10.5. The van der Waals surface area contributed by atoms with Crippen LogP contribution in [0.1, 0.15) is 23.4 Å². The van der Waals surface area contributed by atoms with E-state index in [4.69, 9.17) is 9.47 Å². The van der Waals surface area contributed by atoms with Crippen molar-refractivity contribution in [3.8, 4) is 11.5 Å². The van der Waals surface area contributed by atoms with Crippen molar-refractivity contribution < 1.29 is 19.1 Å². The van der Waals surface area contributed by atoms with Crippen molar-refractivity contribution in [2.45, 2.75) is 24.8 Å². The van der Waals surface area contributed by atoms with Gasteiger partial charge in [0.05, 0.1) is 14.2 Å². The molecule has 0 saturated carbocycles. The lowest BCUT2D eigenvalue weighted by atomic mass is 10.1. The summed E-state index contributed by atoms with van der Waals surface area (Å²) in [5.41, 5.74) is 2.07. The molecule has 6 nitrogen and oxygen atoms in total. The van der Waals surface area contributed by atoms with E-state index in [1.165, 1.54) is 6.92 Å². The van der Waals surface area contributed by atoms with Crippen LogP contribution in [0.25, 0.3) is 0 Å². The minimum atomic E-state index is -0.465. The van der Waals surface area contributed by atoms with Crippen molar-refractivity contribution in [2.24, 2.45) is 0 Å². The van der Waals surface area contributed by atoms with Crippen LogP contribution in [0.5, 0.6) is 11.5 Å². The first-order chi connectivity index (χ1) is 14.0. The van der Waals surface area contributed by atoms with Crippen LogP contribution in [-0.4, -0.2) is 49.3 Å². The van der Waals surface area contributed by atoms with E-state index in [2.05, 4.69) is 5.32 Å². The third-order valence-corrected chi connectivity index (χ3v) is 6.24. The van der Waals surface area contributed by atoms with Gasteiger partial charge in [0, 0.05) is 19.2 Å². The van der Waals surface area contributed by atoms with E-state index in [1.54, 1.807) is 30.9 Å². The topological polar surface area (TPSA) is 67.9 Å². The summed E-state index contributed by atoms with van der Waals surface area (Å²) in [5, 5.41) is 2.85. The molecule has 154 valence electrons. The molecule has 2 aromatic rings. The fraction of sp³-hybridized carbons (Fsp3) is 0.364. The summed E-state index contributed by atoms with van der Waals surface area (Å²) in [6, 6.07) is 15.1. The number of amides is 2. The fourth-order valence-corrected chi connectivity index (χ4v) is 4.93. The zero-order chi connectivity index (χ0) is 20.8. The van der Waals surface area contributed by atoms with Gasteiger partial charge >= 0.3 is 0 Å². The zero-order valence-corrected chi connectivity index (χ0v) is 17.7. The smallest absolute Gasteiger partial charge is 0.243 e. The van der Waals surface area contributed by atoms with E-state index in [0.717, 1.165) is 11.1 Å². The third-order valence-electron chi connectivity index (χ3n) is 4.91. The number of carbonyl (C=O) groups is 2. The van der Waals surface area contributed by atoms with Crippen LogP contribution >= 0.6 is 11.8 Å². The standard InChI is InChI=1S/C22H26N2O4S/c1-15(25)24-18(14-29-22(24)17-7-5-4-6-8-17)21(26)23-12-11-16-9-10-19(27-2)20(13-16)28-3/h4-10,13,18,22H,11-12,14H2,1-3H3,(H,23,26)/t18-,22+/m0/s1. The monoisotopic (exact) mass is 414 g/mol. The van der Waals surface area contributed by atoms with Crippen LogP contribution in [0.2, 0.25) is 0 Å². The van der Waals surface area contributed by atoms with Crippen LogP contribution in [0.4, 0.5) is 0 Å². The van der Waals surface area contributed by atoms with E-state index in [-0.39, 0.29) is 17.2 Å². The van der Waals surface area contributed by atoms with Crippen molar-refractivity contribution in [1.29, 1.82) is 0 Å². The second kappa shape index (κ2) is 9.69. The first-order valence-electron chi connectivity index (χ1n) is 9.49. The number of carbonyl (C=O) groups excluding carboxylic acids is 2. The molecule has 29 heavy (non-hydrogen) atoms. The Bertz CT molecular complexity index is 859. The Morgan fingerprint density at radius 1 is 1.10 bits per heavy atom. The molecule has 1 heterocycles. The summed E-state index contributed by atoms with van der Waals surface area (Å²) in [5.74, 6) is 1.71. The fourth-order valence-electron chi connectivity index (χ4n) is 3.45. The van der Waals surface area contributed by atoms with Gasteiger partial charge < -0.3 is 19.7 Å². The van der Waals surface area contributed by atoms with Crippen LogP contribution in [0.15, 0.2) is 48.5 Å². The lowest BCUT2D eigenvalue weighted by molar-refractivity contribution is -0.138. The molecule has 0 bridgehead atoms. The molecule has 1 aliphatic rings.